The number of nitrogens with zero attached hydrogens (tertiary/aromatic N) is 2. The van der Waals surface area contributed by atoms with Crippen LogP contribution in [0.4, 0.5) is 0 Å². The molecule has 1 saturated heterocycles. The molecule has 2 fully saturated rings. The van der Waals surface area contributed by atoms with Crippen molar-refractivity contribution in [2.24, 2.45) is 11.7 Å². The summed E-state index contributed by atoms with van der Waals surface area (Å²) in [7, 11) is 2.18. The summed E-state index contributed by atoms with van der Waals surface area (Å²) in [5, 5.41) is 3.08. The molecule has 1 aliphatic carbocycles. The first kappa shape index (κ1) is 27.4. The third-order valence-corrected chi connectivity index (χ3v) is 5.58. The maximum atomic E-state index is 12.3. The number of piperazine rings is 1. The van der Waals surface area contributed by atoms with Crippen LogP contribution in [-0.4, -0.2) is 55.0 Å². The van der Waals surface area contributed by atoms with E-state index in [2.05, 4.69) is 46.4 Å². The highest BCUT2D eigenvalue weighted by molar-refractivity contribution is 5.86. The molecule has 1 saturated carbocycles. The van der Waals surface area contributed by atoms with Gasteiger partial charge < -0.3 is 16.0 Å². The van der Waals surface area contributed by atoms with Gasteiger partial charge in [0, 0.05) is 51.2 Å². The minimum absolute atomic E-state index is 0. The van der Waals surface area contributed by atoms with E-state index in [1.165, 1.54) is 5.56 Å². The maximum absolute atomic E-state index is 12.3. The molecule has 1 amide bonds. The number of nitrogens with one attached hydrogen (secondary N) is 1. The quantitative estimate of drug-likeness (QED) is 0.719. The number of hydrogen-bond donors (Lipinski definition) is 2. The van der Waals surface area contributed by atoms with Gasteiger partial charge in [0.1, 0.15) is 0 Å². The van der Waals surface area contributed by atoms with E-state index in [1.54, 1.807) is 0 Å². The van der Waals surface area contributed by atoms with Crippen LogP contribution in [-0.2, 0) is 17.9 Å². The predicted molar refractivity (Wildman–Crippen MR) is 123 cm³/mol. The van der Waals surface area contributed by atoms with Gasteiger partial charge in [-0.3, -0.25) is 9.69 Å². The van der Waals surface area contributed by atoms with Crippen LogP contribution in [0.3, 0.4) is 0 Å². The van der Waals surface area contributed by atoms with Gasteiger partial charge in [-0.1, -0.05) is 30.7 Å². The summed E-state index contributed by atoms with van der Waals surface area (Å²) in [6, 6.07) is 8.85. The standard InChI is InChI=1S/C20H32N4O.3ClH/c1-23-9-11-24(12-10-23)15-17-7-5-16(6-8-17)14-22-20(25)18-3-2-4-19(21)13-18;;;/h5-8,18-19H,2-4,9-15,21H2,1H3,(H,22,25);3*1H. The van der Waals surface area contributed by atoms with Crippen molar-refractivity contribution in [3.05, 3.63) is 35.4 Å². The molecule has 3 rings (SSSR count). The van der Waals surface area contributed by atoms with E-state index in [0.717, 1.165) is 64.0 Å². The highest BCUT2D eigenvalue weighted by Gasteiger charge is 2.24. The molecule has 8 heteroatoms. The number of rotatable bonds is 5. The Morgan fingerprint density at radius 2 is 1.64 bits per heavy atom. The second kappa shape index (κ2) is 13.6. The fourth-order valence-corrected chi connectivity index (χ4v) is 3.83. The zero-order valence-electron chi connectivity index (χ0n) is 16.6. The Kier molecular flexibility index (Phi) is 13.4. The smallest absolute Gasteiger partial charge is 0.223 e. The number of carbonyl (C=O) groups is 1. The molecule has 0 bridgehead atoms. The molecular formula is C20H35Cl3N4O. The van der Waals surface area contributed by atoms with E-state index in [9.17, 15) is 4.79 Å². The monoisotopic (exact) mass is 452 g/mol. The second-order valence-electron chi connectivity index (χ2n) is 7.74. The van der Waals surface area contributed by atoms with Gasteiger partial charge in [-0.15, -0.1) is 37.2 Å². The van der Waals surface area contributed by atoms with Crippen LogP contribution in [0, 0.1) is 5.92 Å². The van der Waals surface area contributed by atoms with Gasteiger partial charge in [0.15, 0.2) is 0 Å². The van der Waals surface area contributed by atoms with Crippen molar-refractivity contribution in [3.8, 4) is 0 Å². The van der Waals surface area contributed by atoms with E-state index in [1.807, 2.05) is 0 Å². The van der Waals surface area contributed by atoms with Crippen LogP contribution in [0.2, 0.25) is 0 Å². The first-order valence-electron chi connectivity index (χ1n) is 9.62. The Balaban J connectivity index is 0.00000243. The molecule has 162 valence electrons. The second-order valence-corrected chi connectivity index (χ2v) is 7.74. The molecule has 2 unspecified atom stereocenters. The molecule has 28 heavy (non-hydrogen) atoms. The van der Waals surface area contributed by atoms with Crippen molar-refractivity contribution < 1.29 is 4.79 Å². The summed E-state index contributed by atoms with van der Waals surface area (Å²) in [6.07, 6.45) is 3.93. The fourth-order valence-electron chi connectivity index (χ4n) is 3.83. The summed E-state index contributed by atoms with van der Waals surface area (Å²) in [6.45, 7) is 6.19. The zero-order chi connectivity index (χ0) is 17.6. The number of hydrogen-bond acceptors (Lipinski definition) is 4. The van der Waals surface area contributed by atoms with E-state index in [4.69, 9.17) is 5.73 Å². The van der Waals surface area contributed by atoms with Gasteiger partial charge >= 0.3 is 0 Å². The molecule has 1 aliphatic heterocycles. The summed E-state index contributed by atoms with van der Waals surface area (Å²) in [4.78, 5) is 17.2. The highest BCUT2D eigenvalue weighted by atomic mass is 35.5. The van der Waals surface area contributed by atoms with Crippen LogP contribution < -0.4 is 11.1 Å². The van der Waals surface area contributed by atoms with E-state index in [-0.39, 0.29) is 55.1 Å². The van der Waals surface area contributed by atoms with Crippen molar-refractivity contribution in [3.63, 3.8) is 0 Å². The average Bonchev–Trinajstić information content (AvgIpc) is 2.63. The molecule has 0 aromatic heterocycles. The first-order chi connectivity index (χ1) is 12.1. The molecule has 1 aromatic carbocycles. The average molecular weight is 454 g/mol. The van der Waals surface area contributed by atoms with Crippen LogP contribution in [0.1, 0.15) is 36.8 Å². The van der Waals surface area contributed by atoms with Crippen molar-refractivity contribution >= 4 is 43.1 Å². The van der Waals surface area contributed by atoms with Crippen molar-refractivity contribution in [2.45, 2.75) is 44.8 Å². The Labute approximate surface area is 188 Å². The Morgan fingerprint density at radius 3 is 2.25 bits per heavy atom. The lowest BCUT2D eigenvalue weighted by Gasteiger charge is -2.32. The van der Waals surface area contributed by atoms with Crippen molar-refractivity contribution in [2.75, 3.05) is 33.2 Å². The number of halogens is 3. The minimum Gasteiger partial charge on any atom is -0.352 e. The van der Waals surface area contributed by atoms with Crippen LogP contribution >= 0.6 is 37.2 Å². The molecule has 1 heterocycles. The lowest BCUT2D eigenvalue weighted by atomic mass is 9.85. The van der Waals surface area contributed by atoms with E-state index < -0.39 is 0 Å². The van der Waals surface area contributed by atoms with Gasteiger partial charge in [0.05, 0.1) is 0 Å². The number of amides is 1. The number of carbonyl (C=O) groups excluding carboxylic acids is 1. The number of nitrogens with two attached hydrogens (primary N) is 1. The molecule has 2 aliphatic rings. The molecule has 1 aromatic rings. The largest absolute Gasteiger partial charge is 0.352 e. The fraction of sp³-hybridized carbons (Fsp3) is 0.650. The third kappa shape index (κ3) is 8.44. The Hall–Kier alpha value is -0.560. The van der Waals surface area contributed by atoms with Crippen LogP contribution in [0.25, 0.3) is 0 Å². The third-order valence-electron chi connectivity index (χ3n) is 5.58. The molecule has 0 radical (unpaired) electrons. The Morgan fingerprint density at radius 1 is 1.04 bits per heavy atom. The van der Waals surface area contributed by atoms with Gasteiger partial charge in [0.25, 0.3) is 0 Å². The summed E-state index contributed by atoms with van der Waals surface area (Å²) < 4.78 is 0. The minimum atomic E-state index is 0. The van der Waals surface area contributed by atoms with Gasteiger partial charge in [-0.25, -0.2) is 0 Å². The summed E-state index contributed by atoms with van der Waals surface area (Å²) >= 11 is 0. The zero-order valence-corrected chi connectivity index (χ0v) is 19.1. The first-order valence-corrected chi connectivity index (χ1v) is 9.62. The van der Waals surface area contributed by atoms with Crippen LogP contribution in [0.15, 0.2) is 24.3 Å². The van der Waals surface area contributed by atoms with Crippen molar-refractivity contribution in [1.82, 2.24) is 15.1 Å². The molecule has 2 atom stereocenters. The van der Waals surface area contributed by atoms with Gasteiger partial charge in [-0.05, 0) is 37.4 Å². The Bertz CT molecular complexity index is 565. The lowest BCUT2D eigenvalue weighted by molar-refractivity contribution is -0.126. The van der Waals surface area contributed by atoms with Crippen LogP contribution in [0.5, 0.6) is 0 Å². The van der Waals surface area contributed by atoms with E-state index in [0.29, 0.717) is 6.54 Å². The molecule has 5 nitrogen and oxygen atoms in total. The summed E-state index contributed by atoms with van der Waals surface area (Å²) in [5.74, 6) is 0.261. The predicted octanol–water partition coefficient (Wildman–Crippen LogP) is 2.83. The molecule has 3 N–H and O–H groups in total. The van der Waals surface area contributed by atoms with Gasteiger partial charge in [-0.2, -0.15) is 0 Å². The van der Waals surface area contributed by atoms with Gasteiger partial charge in [0.2, 0.25) is 5.91 Å². The lowest BCUT2D eigenvalue weighted by Crippen LogP contribution is -2.43. The number of likely N-dealkylation sites (N-methyl/N-ethyl adjacent to an activating group) is 1. The molecule has 0 spiro atoms. The maximum Gasteiger partial charge on any atom is 0.223 e. The topological polar surface area (TPSA) is 61.6 Å². The molecular weight excluding hydrogens is 419 g/mol. The van der Waals surface area contributed by atoms with Crippen molar-refractivity contribution in [1.29, 1.82) is 0 Å². The number of benzene rings is 1. The SMILES string of the molecule is CN1CCN(Cc2ccc(CNC(=O)C3CCCC(N)C3)cc2)CC1.Cl.Cl.Cl. The highest BCUT2D eigenvalue weighted by Crippen LogP contribution is 2.23. The summed E-state index contributed by atoms with van der Waals surface area (Å²) in [5.41, 5.74) is 8.49. The van der Waals surface area contributed by atoms with E-state index >= 15 is 0 Å². The normalized spacial score (nSPS) is 22.9.